The van der Waals surface area contributed by atoms with E-state index in [1.807, 2.05) is 12.2 Å². The zero-order valence-electron chi connectivity index (χ0n) is 4.91. The zero-order valence-corrected chi connectivity index (χ0v) is 5.81. The quantitative estimate of drug-likeness (QED) is 0.596. The number of nitrogens with one attached hydrogen (secondary N) is 1. The highest BCUT2D eigenvalue weighted by molar-refractivity contribution is 7.80. The van der Waals surface area contributed by atoms with Gasteiger partial charge in [-0.25, -0.2) is 4.98 Å². The minimum atomic E-state index is 0.763. The fraction of sp³-hybridized carbons (Fsp3) is 0.167. The molecule has 9 heavy (non-hydrogen) atoms. The summed E-state index contributed by atoms with van der Waals surface area (Å²) in [5.74, 6) is 0.763. The molecule has 0 atom stereocenters. The maximum Gasteiger partial charge on any atom is 0.0924 e. The molecule has 1 rings (SSSR count). The number of hydrogen-bond acceptors (Lipinski definition) is 2. The number of aromatic nitrogens is 2. The van der Waals surface area contributed by atoms with Crippen molar-refractivity contribution in [2.75, 3.05) is 5.75 Å². The van der Waals surface area contributed by atoms with Gasteiger partial charge in [-0.2, -0.15) is 12.6 Å². The molecule has 48 valence electrons. The maximum absolute atomic E-state index is 4.01. The first-order valence-electron chi connectivity index (χ1n) is 2.69. The van der Waals surface area contributed by atoms with Gasteiger partial charge in [-0.05, 0) is 6.08 Å². The molecule has 0 bridgehead atoms. The van der Waals surface area contributed by atoms with Crippen LogP contribution in [0.15, 0.2) is 18.6 Å². The van der Waals surface area contributed by atoms with E-state index >= 15 is 0 Å². The van der Waals surface area contributed by atoms with Crippen LogP contribution in [-0.2, 0) is 0 Å². The smallest absolute Gasteiger partial charge is 0.0924 e. The molecule has 0 saturated heterocycles. The van der Waals surface area contributed by atoms with Crippen molar-refractivity contribution >= 4 is 18.7 Å². The molecule has 1 heterocycles. The van der Waals surface area contributed by atoms with E-state index in [-0.39, 0.29) is 0 Å². The Balaban J connectivity index is 2.57. The minimum absolute atomic E-state index is 0.763. The number of thiol groups is 1. The lowest BCUT2D eigenvalue weighted by Crippen LogP contribution is -1.66. The summed E-state index contributed by atoms with van der Waals surface area (Å²) in [6, 6.07) is 0. The van der Waals surface area contributed by atoms with E-state index in [4.69, 9.17) is 0 Å². The van der Waals surface area contributed by atoms with E-state index in [1.54, 1.807) is 12.5 Å². The summed E-state index contributed by atoms with van der Waals surface area (Å²) >= 11 is 4.01. The Labute approximate surface area is 59.4 Å². The largest absolute Gasteiger partial charge is 0.345 e. The molecule has 0 spiro atoms. The van der Waals surface area contributed by atoms with Gasteiger partial charge in [0, 0.05) is 5.75 Å². The standard InChI is InChI=1S/C6H8N2S/c9-3-1-2-6-4-7-5-8-6/h1-2,4-5,9H,3H2,(H,7,8). The first-order valence-corrected chi connectivity index (χ1v) is 3.32. The van der Waals surface area contributed by atoms with E-state index in [0.29, 0.717) is 0 Å². The van der Waals surface area contributed by atoms with Crippen LogP contribution in [0.3, 0.4) is 0 Å². The first-order chi connectivity index (χ1) is 4.43. The Morgan fingerprint density at radius 3 is 3.22 bits per heavy atom. The SMILES string of the molecule is SCC=Cc1cnc[nH]1. The zero-order chi connectivity index (χ0) is 6.53. The highest BCUT2D eigenvalue weighted by Gasteiger charge is 1.81. The molecule has 2 nitrogen and oxygen atoms in total. The van der Waals surface area contributed by atoms with Gasteiger partial charge in [0.25, 0.3) is 0 Å². The lowest BCUT2D eigenvalue weighted by Gasteiger charge is -1.79. The van der Waals surface area contributed by atoms with Gasteiger partial charge in [0.15, 0.2) is 0 Å². The van der Waals surface area contributed by atoms with Gasteiger partial charge in [-0.1, -0.05) is 6.08 Å². The van der Waals surface area contributed by atoms with Crippen LogP contribution >= 0.6 is 12.6 Å². The van der Waals surface area contributed by atoms with Crippen LogP contribution in [0.25, 0.3) is 6.08 Å². The number of hydrogen-bond donors (Lipinski definition) is 2. The summed E-state index contributed by atoms with van der Waals surface area (Å²) in [6.07, 6.45) is 7.31. The van der Waals surface area contributed by atoms with E-state index in [9.17, 15) is 0 Å². The highest BCUT2D eigenvalue weighted by atomic mass is 32.1. The fourth-order valence-electron chi connectivity index (χ4n) is 0.537. The van der Waals surface area contributed by atoms with Crippen LogP contribution in [0.5, 0.6) is 0 Å². The van der Waals surface area contributed by atoms with Crippen LogP contribution in [-0.4, -0.2) is 15.7 Å². The average molecular weight is 140 g/mol. The van der Waals surface area contributed by atoms with Gasteiger partial charge in [0.2, 0.25) is 0 Å². The van der Waals surface area contributed by atoms with Crippen molar-refractivity contribution in [3.8, 4) is 0 Å². The van der Waals surface area contributed by atoms with Crippen LogP contribution in [0.2, 0.25) is 0 Å². The summed E-state index contributed by atoms with van der Waals surface area (Å²) in [5.41, 5.74) is 1.02. The molecule has 1 N–H and O–H groups in total. The van der Waals surface area contributed by atoms with Gasteiger partial charge < -0.3 is 4.98 Å². The Morgan fingerprint density at radius 1 is 1.78 bits per heavy atom. The van der Waals surface area contributed by atoms with Crippen molar-refractivity contribution in [3.63, 3.8) is 0 Å². The third-order valence-corrected chi connectivity index (χ3v) is 1.13. The van der Waals surface area contributed by atoms with Crippen LogP contribution in [0, 0.1) is 0 Å². The summed E-state index contributed by atoms with van der Waals surface area (Å²) < 4.78 is 0. The Morgan fingerprint density at radius 2 is 2.67 bits per heavy atom. The maximum atomic E-state index is 4.01. The van der Waals surface area contributed by atoms with Gasteiger partial charge in [0.05, 0.1) is 18.2 Å². The topological polar surface area (TPSA) is 28.7 Å². The number of rotatable bonds is 2. The molecule has 0 aromatic carbocycles. The monoisotopic (exact) mass is 140 g/mol. The highest BCUT2D eigenvalue weighted by Crippen LogP contribution is 1.93. The van der Waals surface area contributed by atoms with Gasteiger partial charge in [0.1, 0.15) is 0 Å². The molecule has 1 aromatic rings. The lowest BCUT2D eigenvalue weighted by molar-refractivity contribution is 1.31. The van der Waals surface area contributed by atoms with E-state index in [0.717, 1.165) is 11.4 Å². The predicted molar refractivity (Wildman–Crippen MR) is 41.5 cm³/mol. The van der Waals surface area contributed by atoms with Gasteiger partial charge in [-0.15, -0.1) is 0 Å². The summed E-state index contributed by atoms with van der Waals surface area (Å²) in [7, 11) is 0. The molecule has 0 unspecified atom stereocenters. The molecule has 0 amide bonds. The number of nitrogens with zero attached hydrogens (tertiary/aromatic N) is 1. The lowest BCUT2D eigenvalue weighted by atomic mass is 10.4. The Hall–Kier alpha value is -0.700. The molecule has 0 aliphatic heterocycles. The molecule has 3 heteroatoms. The van der Waals surface area contributed by atoms with Crippen molar-refractivity contribution in [1.82, 2.24) is 9.97 Å². The third kappa shape index (κ3) is 1.93. The molecular weight excluding hydrogens is 132 g/mol. The predicted octanol–water partition coefficient (Wildman–Crippen LogP) is 1.35. The number of H-pyrrole nitrogens is 1. The first kappa shape index (κ1) is 6.42. The molecule has 0 saturated carbocycles. The molecule has 0 aliphatic rings. The molecule has 0 radical (unpaired) electrons. The van der Waals surface area contributed by atoms with Crippen molar-refractivity contribution < 1.29 is 0 Å². The van der Waals surface area contributed by atoms with Crippen LogP contribution < -0.4 is 0 Å². The van der Waals surface area contributed by atoms with Gasteiger partial charge in [-0.3, -0.25) is 0 Å². The second kappa shape index (κ2) is 3.35. The Kier molecular flexibility index (Phi) is 2.39. The third-order valence-electron chi connectivity index (χ3n) is 0.922. The molecule has 0 aliphatic carbocycles. The van der Waals surface area contributed by atoms with Crippen molar-refractivity contribution in [3.05, 3.63) is 24.3 Å². The summed E-state index contributed by atoms with van der Waals surface area (Å²) in [6.45, 7) is 0. The molecule has 1 aromatic heterocycles. The van der Waals surface area contributed by atoms with Crippen molar-refractivity contribution in [2.24, 2.45) is 0 Å². The Bertz CT molecular complexity index is 179. The second-order valence-corrected chi connectivity index (χ2v) is 1.96. The minimum Gasteiger partial charge on any atom is -0.345 e. The van der Waals surface area contributed by atoms with Crippen LogP contribution in [0.4, 0.5) is 0 Å². The van der Waals surface area contributed by atoms with Crippen LogP contribution in [0.1, 0.15) is 5.69 Å². The van der Waals surface area contributed by atoms with E-state index in [2.05, 4.69) is 22.6 Å². The summed E-state index contributed by atoms with van der Waals surface area (Å²) in [5, 5.41) is 0. The van der Waals surface area contributed by atoms with Gasteiger partial charge >= 0.3 is 0 Å². The normalized spacial score (nSPS) is 10.8. The van der Waals surface area contributed by atoms with Crippen molar-refractivity contribution in [2.45, 2.75) is 0 Å². The van der Waals surface area contributed by atoms with Crippen molar-refractivity contribution in [1.29, 1.82) is 0 Å². The number of imidazole rings is 1. The molecular formula is C6H8N2S. The fourth-order valence-corrected chi connectivity index (χ4v) is 0.643. The summed E-state index contributed by atoms with van der Waals surface area (Å²) in [4.78, 5) is 6.78. The molecule has 0 fully saturated rings. The second-order valence-electron chi connectivity index (χ2n) is 1.59. The average Bonchev–Trinajstić information content (AvgIpc) is 2.34. The van der Waals surface area contributed by atoms with E-state index < -0.39 is 0 Å². The number of aromatic amines is 1. The van der Waals surface area contributed by atoms with E-state index in [1.165, 1.54) is 0 Å².